The quantitative estimate of drug-likeness (QED) is 0.594. The summed E-state index contributed by atoms with van der Waals surface area (Å²) in [6.45, 7) is 1.77. The average molecular weight is 290 g/mol. The van der Waals surface area contributed by atoms with Crippen molar-refractivity contribution in [3.05, 3.63) is 81.6 Å². The van der Waals surface area contributed by atoms with Gasteiger partial charge in [-0.05, 0) is 41.6 Å². The number of aryl methyl sites for hydroxylation is 1. The number of nitrogens with zero attached hydrogens (tertiary/aromatic N) is 1. The normalized spacial score (nSPS) is 11.9. The molecule has 2 aromatic carbocycles. The van der Waals surface area contributed by atoms with Gasteiger partial charge in [-0.15, -0.1) is 0 Å². The number of aromatic nitrogens is 1. The van der Waals surface area contributed by atoms with Gasteiger partial charge >= 0.3 is 0 Å². The van der Waals surface area contributed by atoms with Gasteiger partial charge in [-0.3, -0.25) is 4.79 Å². The van der Waals surface area contributed by atoms with Gasteiger partial charge in [0, 0.05) is 11.1 Å². The maximum atomic E-state index is 11.7. The van der Waals surface area contributed by atoms with Gasteiger partial charge in [0.2, 0.25) is 6.08 Å². The molecule has 0 bridgehead atoms. The number of fused-ring (bicyclic) bond motifs is 1. The summed E-state index contributed by atoms with van der Waals surface area (Å²) in [5, 5.41) is 0.914. The summed E-state index contributed by atoms with van der Waals surface area (Å²) in [6, 6.07) is 16.7. The van der Waals surface area contributed by atoms with Crippen LogP contribution in [0.5, 0.6) is 0 Å². The van der Waals surface area contributed by atoms with E-state index in [1.54, 1.807) is 13.0 Å². The first kappa shape index (κ1) is 14.0. The number of carbonyl (C=O) groups excluding carboxylic acids is 1. The molecule has 1 heterocycles. The van der Waals surface area contributed by atoms with Crippen molar-refractivity contribution >= 4 is 17.0 Å². The van der Waals surface area contributed by atoms with E-state index in [4.69, 9.17) is 0 Å². The van der Waals surface area contributed by atoms with Crippen LogP contribution in [0, 0.1) is 6.92 Å². The van der Waals surface area contributed by atoms with Crippen LogP contribution >= 0.6 is 0 Å². The number of H-pyrrole nitrogens is 1. The topological polar surface area (TPSA) is 62.3 Å². The number of hydrogen-bond acceptors (Lipinski definition) is 3. The van der Waals surface area contributed by atoms with Gasteiger partial charge in [0.15, 0.2) is 0 Å². The fourth-order valence-electron chi connectivity index (χ4n) is 2.53. The van der Waals surface area contributed by atoms with Crippen LogP contribution in [-0.2, 0) is 4.79 Å². The highest BCUT2D eigenvalue weighted by atomic mass is 16.1. The number of aliphatic imine (C=N–C) groups is 1. The maximum absolute atomic E-state index is 11.7. The predicted octanol–water partition coefficient (Wildman–Crippen LogP) is 3.26. The van der Waals surface area contributed by atoms with E-state index in [9.17, 15) is 9.59 Å². The van der Waals surface area contributed by atoms with E-state index in [-0.39, 0.29) is 5.56 Å². The highest BCUT2D eigenvalue weighted by Gasteiger charge is 2.13. The largest absolute Gasteiger partial charge is 0.322 e. The van der Waals surface area contributed by atoms with Crippen molar-refractivity contribution in [2.45, 2.75) is 13.0 Å². The number of aromatic amines is 1. The molecule has 4 heteroatoms. The summed E-state index contributed by atoms with van der Waals surface area (Å²) in [4.78, 5) is 29.2. The van der Waals surface area contributed by atoms with Crippen LogP contribution in [0.25, 0.3) is 10.9 Å². The Morgan fingerprint density at radius 2 is 1.82 bits per heavy atom. The first-order valence-electron chi connectivity index (χ1n) is 6.94. The van der Waals surface area contributed by atoms with Gasteiger partial charge in [-0.2, -0.15) is 4.99 Å². The van der Waals surface area contributed by atoms with E-state index in [1.807, 2.05) is 54.6 Å². The summed E-state index contributed by atoms with van der Waals surface area (Å²) in [5.41, 5.74) is 3.13. The molecule has 1 unspecified atom stereocenters. The van der Waals surface area contributed by atoms with Crippen LogP contribution in [0.1, 0.15) is 22.7 Å². The molecule has 3 aromatic rings. The van der Waals surface area contributed by atoms with Crippen molar-refractivity contribution in [2.75, 3.05) is 0 Å². The Bertz CT molecular complexity index is 923. The molecule has 0 aliphatic heterocycles. The highest BCUT2D eigenvalue weighted by Crippen LogP contribution is 2.27. The molecule has 3 rings (SSSR count). The summed E-state index contributed by atoms with van der Waals surface area (Å²) >= 11 is 0. The third kappa shape index (κ3) is 2.60. The first-order valence-corrected chi connectivity index (χ1v) is 6.94. The van der Waals surface area contributed by atoms with Crippen LogP contribution < -0.4 is 5.56 Å². The molecule has 0 aliphatic rings. The van der Waals surface area contributed by atoms with Crippen molar-refractivity contribution in [1.82, 2.24) is 4.98 Å². The standard InChI is InChI=1S/C18H14N2O2/c1-12-9-15-10-14(7-8-16(15)20-18(12)22)17(19-11-21)13-5-3-2-4-6-13/h2-10,17H,1H3,(H,20,22). The summed E-state index contributed by atoms with van der Waals surface area (Å²) in [6.07, 6.45) is 1.65. The molecule has 1 atom stereocenters. The molecule has 0 amide bonds. The van der Waals surface area contributed by atoms with Crippen molar-refractivity contribution in [1.29, 1.82) is 0 Å². The van der Waals surface area contributed by atoms with Crippen LogP contribution in [-0.4, -0.2) is 11.1 Å². The van der Waals surface area contributed by atoms with E-state index < -0.39 is 6.04 Å². The molecule has 22 heavy (non-hydrogen) atoms. The average Bonchev–Trinajstić information content (AvgIpc) is 2.54. The Morgan fingerprint density at radius 1 is 1.05 bits per heavy atom. The summed E-state index contributed by atoms with van der Waals surface area (Å²) in [7, 11) is 0. The molecule has 0 saturated carbocycles. The van der Waals surface area contributed by atoms with Crippen molar-refractivity contribution in [3.8, 4) is 0 Å². The molecule has 0 fully saturated rings. The number of nitrogens with one attached hydrogen (secondary N) is 1. The lowest BCUT2D eigenvalue weighted by Crippen LogP contribution is -2.08. The molecule has 108 valence electrons. The van der Waals surface area contributed by atoms with Gasteiger partial charge in [0.25, 0.3) is 5.56 Å². The molecule has 0 saturated heterocycles. The third-order valence-electron chi connectivity index (χ3n) is 3.67. The van der Waals surface area contributed by atoms with Crippen LogP contribution in [0.2, 0.25) is 0 Å². The lowest BCUT2D eigenvalue weighted by molar-refractivity contribution is 0.560. The Balaban J connectivity index is 2.16. The minimum absolute atomic E-state index is 0.0919. The predicted molar refractivity (Wildman–Crippen MR) is 85.7 cm³/mol. The third-order valence-corrected chi connectivity index (χ3v) is 3.67. The second-order valence-electron chi connectivity index (χ2n) is 5.16. The molecule has 1 aromatic heterocycles. The Labute approximate surface area is 127 Å². The van der Waals surface area contributed by atoms with Gasteiger partial charge in [-0.1, -0.05) is 36.4 Å². The first-order chi connectivity index (χ1) is 10.7. The Hall–Kier alpha value is -2.97. The molecule has 0 radical (unpaired) electrons. The fraction of sp³-hybridized carbons (Fsp3) is 0.111. The van der Waals surface area contributed by atoms with Gasteiger partial charge in [0.1, 0.15) is 6.04 Å². The van der Waals surface area contributed by atoms with E-state index in [0.29, 0.717) is 5.56 Å². The van der Waals surface area contributed by atoms with Crippen molar-refractivity contribution in [3.63, 3.8) is 0 Å². The number of rotatable bonds is 3. The molecular weight excluding hydrogens is 276 g/mol. The zero-order chi connectivity index (χ0) is 15.5. The Morgan fingerprint density at radius 3 is 2.55 bits per heavy atom. The van der Waals surface area contributed by atoms with E-state index >= 15 is 0 Å². The number of benzene rings is 2. The van der Waals surface area contributed by atoms with Crippen molar-refractivity contribution in [2.24, 2.45) is 4.99 Å². The lowest BCUT2D eigenvalue weighted by Gasteiger charge is -2.12. The second-order valence-corrected chi connectivity index (χ2v) is 5.16. The molecule has 0 spiro atoms. The minimum Gasteiger partial charge on any atom is -0.322 e. The smallest absolute Gasteiger partial charge is 0.251 e. The van der Waals surface area contributed by atoms with Crippen LogP contribution in [0.4, 0.5) is 0 Å². The number of isocyanates is 1. The fourth-order valence-corrected chi connectivity index (χ4v) is 2.53. The Kier molecular flexibility index (Phi) is 3.69. The molecular formula is C18H14N2O2. The van der Waals surface area contributed by atoms with E-state index in [2.05, 4.69) is 9.98 Å². The lowest BCUT2D eigenvalue weighted by atomic mass is 9.97. The summed E-state index contributed by atoms with van der Waals surface area (Å²) < 4.78 is 0. The summed E-state index contributed by atoms with van der Waals surface area (Å²) in [5.74, 6) is 0. The minimum atomic E-state index is -0.393. The number of hydrogen-bond donors (Lipinski definition) is 1. The zero-order valence-corrected chi connectivity index (χ0v) is 12.0. The van der Waals surface area contributed by atoms with Gasteiger partial charge in [0.05, 0.1) is 0 Å². The second kappa shape index (κ2) is 5.80. The highest BCUT2D eigenvalue weighted by molar-refractivity contribution is 5.80. The van der Waals surface area contributed by atoms with Gasteiger partial charge in [-0.25, -0.2) is 4.79 Å². The van der Waals surface area contributed by atoms with E-state index in [1.165, 1.54) is 0 Å². The van der Waals surface area contributed by atoms with Crippen LogP contribution in [0.15, 0.2) is 64.4 Å². The molecule has 0 aliphatic carbocycles. The zero-order valence-electron chi connectivity index (χ0n) is 12.0. The maximum Gasteiger partial charge on any atom is 0.251 e. The van der Waals surface area contributed by atoms with E-state index in [0.717, 1.165) is 22.0 Å². The number of pyridine rings is 1. The molecule has 4 nitrogen and oxygen atoms in total. The van der Waals surface area contributed by atoms with Crippen molar-refractivity contribution < 1.29 is 4.79 Å². The van der Waals surface area contributed by atoms with Crippen LogP contribution in [0.3, 0.4) is 0 Å². The monoisotopic (exact) mass is 290 g/mol. The molecule has 1 N–H and O–H groups in total. The van der Waals surface area contributed by atoms with Gasteiger partial charge < -0.3 is 4.98 Å². The SMILES string of the molecule is Cc1cc2cc(C(N=C=O)c3ccccc3)ccc2[nH]c1=O.